The van der Waals surface area contributed by atoms with E-state index < -0.39 is 0 Å². The van der Waals surface area contributed by atoms with E-state index in [1.165, 1.54) is 29.5 Å². The van der Waals surface area contributed by atoms with Crippen LogP contribution in [0.5, 0.6) is 0 Å². The van der Waals surface area contributed by atoms with Gasteiger partial charge in [-0.15, -0.1) is 0 Å². The number of fused-ring (bicyclic) bond motifs is 1. The summed E-state index contributed by atoms with van der Waals surface area (Å²) in [6.07, 6.45) is 4.30. The van der Waals surface area contributed by atoms with E-state index in [4.69, 9.17) is 0 Å². The molecular weight excluding hydrogens is 286 g/mol. The molecule has 126 valence electrons. The maximum atomic E-state index is 4.54. The van der Waals surface area contributed by atoms with Crippen molar-refractivity contribution in [2.24, 2.45) is 0 Å². The van der Waals surface area contributed by atoms with Gasteiger partial charge in [0.2, 0.25) is 0 Å². The van der Waals surface area contributed by atoms with Crippen LogP contribution in [0.4, 0.5) is 0 Å². The van der Waals surface area contributed by atoms with Gasteiger partial charge in [-0.2, -0.15) is 0 Å². The van der Waals surface area contributed by atoms with Crippen LogP contribution in [0, 0.1) is 0 Å². The second-order valence-corrected chi connectivity index (χ2v) is 6.98. The van der Waals surface area contributed by atoms with Crippen molar-refractivity contribution >= 4 is 11.0 Å². The number of nitrogens with zero attached hydrogens (tertiary/aromatic N) is 3. The minimum atomic E-state index is 0.627. The van der Waals surface area contributed by atoms with Crippen molar-refractivity contribution in [2.45, 2.75) is 25.3 Å². The predicted molar refractivity (Wildman–Crippen MR) is 95.8 cm³/mol. The van der Waals surface area contributed by atoms with Gasteiger partial charge in [0.1, 0.15) is 5.65 Å². The summed E-state index contributed by atoms with van der Waals surface area (Å²) in [7, 11) is 6.47. The fraction of sp³-hybridized carbons (Fsp3) is 0.611. The lowest BCUT2D eigenvalue weighted by molar-refractivity contribution is 0.275. The summed E-state index contributed by atoms with van der Waals surface area (Å²) in [6, 6.07) is 4.25. The van der Waals surface area contributed by atoms with Crippen molar-refractivity contribution in [1.29, 1.82) is 0 Å². The van der Waals surface area contributed by atoms with Crippen LogP contribution < -0.4 is 5.32 Å². The Hall–Kier alpha value is -1.43. The van der Waals surface area contributed by atoms with Crippen LogP contribution in [0.25, 0.3) is 11.0 Å². The topological polar surface area (TPSA) is 47.2 Å². The molecule has 3 rings (SSSR count). The number of aromatic amines is 1. The first-order valence-corrected chi connectivity index (χ1v) is 8.64. The van der Waals surface area contributed by atoms with Gasteiger partial charge >= 0.3 is 0 Å². The highest BCUT2D eigenvalue weighted by atomic mass is 15.1. The highest BCUT2D eigenvalue weighted by molar-refractivity contribution is 5.81. The van der Waals surface area contributed by atoms with Crippen molar-refractivity contribution in [2.75, 3.05) is 47.3 Å². The Morgan fingerprint density at radius 3 is 2.70 bits per heavy atom. The molecule has 3 heterocycles. The van der Waals surface area contributed by atoms with E-state index in [2.05, 4.69) is 52.3 Å². The number of nitrogens with one attached hydrogen (secondary N) is 2. The lowest BCUT2D eigenvalue weighted by Crippen LogP contribution is -2.30. The number of rotatable bonds is 6. The lowest BCUT2D eigenvalue weighted by atomic mass is 9.91. The summed E-state index contributed by atoms with van der Waals surface area (Å²) >= 11 is 0. The van der Waals surface area contributed by atoms with Crippen molar-refractivity contribution in [1.82, 2.24) is 25.1 Å². The largest absolute Gasteiger partial charge is 0.343 e. The third-order valence-corrected chi connectivity index (χ3v) is 4.82. The van der Waals surface area contributed by atoms with E-state index in [1.807, 2.05) is 12.3 Å². The SMILES string of the molecule is CN(C)CCN(C)Cc1c(C2CCNCC2)[nH]c2ncccc12. The minimum Gasteiger partial charge on any atom is -0.343 e. The van der Waals surface area contributed by atoms with Gasteiger partial charge in [0.05, 0.1) is 0 Å². The Bertz CT molecular complexity index is 627. The average molecular weight is 315 g/mol. The second-order valence-electron chi connectivity index (χ2n) is 6.98. The number of aromatic nitrogens is 2. The number of pyridine rings is 1. The maximum absolute atomic E-state index is 4.54. The molecular formula is C18H29N5. The number of H-pyrrole nitrogens is 1. The number of hydrogen-bond donors (Lipinski definition) is 2. The molecule has 1 saturated heterocycles. The van der Waals surface area contributed by atoms with Gasteiger partial charge in [-0.05, 0) is 64.8 Å². The molecule has 2 aromatic rings. The van der Waals surface area contributed by atoms with Gasteiger partial charge in [0.15, 0.2) is 0 Å². The molecule has 0 radical (unpaired) electrons. The zero-order chi connectivity index (χ0) is 16.2. The summed E-state index contributed by atoms with van der Waals surface area (Å²) < 4.78 is 0. The third-order valence-electron chi connectivity index (χ3n) is 4.82. The lowest BCUT2D eigenvalue weighted by Gasteiger charge is -2.25. The molecule has 0 aliphatic carbocycles. The predicted octanol–water partition coefficient (Wildman–Crippen LogP) is 2.02. The number of hydrogen-bond acceptors (Lipinski definition) is 4. The third kappa shape index (κ3) is 3.91. The van der Waals surface area contributed by atoms with Gasteiger partial charge in [0.25, 0.3) is 0 Å². The molecule has 1 aliphatic heterocycles. The van der Waals surface area contributed by atoms with E-state index in [1.54, 1.807) is 0 Å². The van der Waals surface area contributed by atoms with Crippen LogP contribution in [0.3, 0.4) is 0 Å². The van der Waals surface area contributed by atoms with Crippen molar-refractivity contribution in [3.8, 4) is 0 Å². The quantitative estimate of drug-likeness (QED) is 0.856. The van der Waals surface area contributed by atoms with Crippen LogP contribution in [-0.2, 0) is 6.54 Å². The molecule has 23 heavy (non-hydrogen) atoms. The fourth-order valence-electron chi connectivity index (χ4n) is 3.45. The maximum Gasteiger partial charge on any atom is 0.137 e. The van der Waals surface area contributed by atoms with Crippen LogP contribution in [0.1, 0.15) is 30.0 Å². The highest BCUT2D eigenvalue weighted by Gasteiger charge is 2.23. The zero-order valence-electron chi connectivity index (χ0n) is 14.6. The first-order chi connectivity index (χ1) is 11.1. The Kier molecular flexibility index (Phi) is 5.30. The molecule has 0 atom stereocenters. The smallest absolute Gasteiger partial charge is 0.137 e. The fourth-order valence-corrected chi connectivity index (χ4v) is 3.45. The molecule has 1 fully saturated rings. The van der Waals surface area contributed by atoms with Crippen LogP contribution >= 0.6 is 0 Å². The van der Waals surface area contributed by atoms with Crippen molar-refractivity contribution in [3.63, 3.8) is 0 Å². The van der Waals surface area contributed by atoms with Gasteiger partial charge in [-0.25, -0.2) is 4.98 Å². The van der Waals surface area contributed by atoms with E-state index in [0.29, 0.717) is 5.92 Å². The number of likely N-dealkylation sites (N-methyl/N-ethyl adjacent to an activating group) is 2. The molecule has 0 amide bonds. The van der Waals surface area contributed by atoms with Crippen molar-refractivity contribution < 1.29 is 0 Å². The second kappa shape index (κ2) is 7.43. The van der Waals surface area contributed by atoms with E-state index >= 15 is 0 Å². The summed E-state index contributed by atoms with van der Waals surface area (Å²) in [6.45, 7) is 5.37. The molecule has 0 saturated carbocycles. The average Bonchev–Trinajstić information content (AvgIpc) is 2.92. The molecule has 0 spiro atoms. The van der Waals surface area contributed by atoms with Crippen LogP contribution in [0.15, 0.2) is 18.3 Å². The molecule has 0 unspecified atom stereocenters. The monoisotopic (exact) mass is 315 g/mol. The molecule has 5 heteroatoms. The molecule has 0 aromatic carbocycles. The Morgan fingerprint density at radius 1 is 1.17 bits per heavy atom. The van der Waals surface area contributed by atoms with Crippen molar-refractivity contribution in [3.05, 3.63) is 29.6 Å². The molecule has 2 aromatic heterocycles. The summed E-state index contributed by atoms with van der Waals surface area (Å²) in [5.74, 6) is 0.627. The minimum absolute atomic E-state index is 0.627. The van der Waals surface area contributed by atoms with E-state index in [9.17, 15) is 0 Å². The molecule has 2 N–H and O–H groups in total. The Morgan fingerprint density at radius 2 is 1.96 bits per heavy atom. The van der Waals surface area contributed by atoms with Crippen LogP contribution in [-0.4, -0.2) is 67.1 Å². The summed E-state index contributed by atoms with van der Waals surface area (Å²) in [5, 5.41) is 4.76. The zero-order valence-corrected chi connectivity index (χ0v) is 14.6. The Balaban J connectivity index is 1.86. The van der Waals surface area contributed by atoms with E-state index in [-0.39, 0.29) is 0 Å². The molecule has 0 bridgehead atoms. The molecule has 5 nitrogen and oxygen atoms in total. The van der Waals surface area contributed by atoms with Crippen LogP contribution in [0.2, 0.25) is 0 Å². The Labute approximate surface area is 139 Å². The molecule has 1 aliphatic rings. The first kappa shape index (κ1) is 16.4. The van der Waals surface area contributed by atoms with E-state index in [0.717, 1.165) is 38.4 Å². The first-order valence-electron chi connectivity index (χ1n) is 8.64. The van der Waals surface area contributed by atoms with Gasteiger partial charge in [-0.1, -0.05) is 0 Å². The normalized spacial score (nSPS) is 16.7. The van der Waals surface area contributed by atoms with Gasteiger partial charge in [0, 0.05) is 42.8 Å². The number of piperidine rings is 1. The summed E-state index contributed by atoms with van der Waals surface area (Å²) in [4.78, 5) is 12.8. The summed E-state index contributed by atoms with van der Waals surface area (Å²) in [5.41, 5.74) is 3.90. The van der Waals surface area contributed by atoms with Gasteiger partial charge < -0.3 is 20.1 Å². The standard InChI is InChI=1S/C18H29N5/c1-22(2)11-12-23(3)13-16-15-5-4-8-20-18(15)21-17(16)14-6-9-19-10-7-14/h4-5,8,14,19H,6-7,9-13H2,1-3H3,(H,20,21). The highest BCUT2D eigenvalue weighted by Crippen LogP contribution is 2.32. The van der Waals surface area contributed by atoms with Gasteiger partial charge in [-0.3, -0.25) is 0 Å².